The Morgan fingerprint density at radius 3 is 2.55 bits per heavy atom. The zero-order valence-corrected chi connectivity index (χ0v) is 12.6. The lowest BCUT2D eigenvalue weighted by molar-refractivity contribution is 0.311. The number of hydrogen-bond acceptors (Lipinski definition) is 3. The summed E-state index contributed by atoms with van der Waals surface area (Å²) in [4.78, 5) is 0. The lowest BCUT2D eigenvalue weighted by Crippen LogP contribution is -2.01. The monoisotopic (exact) mass is 330 g/mol. The summed E-state index contributed by atoms with van der Waals surface area (Å²) in [7, 11) is 0. The molecule has 0 heterocycles. The van der Waals surface area contributed by atoms with Gasteiger partial charge < -0.3 is 10.5 Å². The smallest absolute Gasteiger partial charge is 0.119 e. The number of halogens is 1. The number of nitrogens with two attached hydrogens (primary N) is 1. The van der Waals surface area contributed by atoms with Crippen molar-refractivity contribution in [1.82, 2.24) is 0 Å². The maximum absolute atomic E-state index is 8.71. The molecule has 102 valence electrons. The van der Waals surface area contributed by atoms with Gasteiger partial charge in [0.2, 0.25) is 0 Å². The van der Waals surface area contributed by atoms with Crippen molar-refractivity contribution in [2.75, 3.05) is 12.3 Å². The summed E-state index contributed by atoms with van der Waals surface area (Å²) in [6.07, 6.45) is 1.78. The molecule has 0 aromatic heterocycles. The van der Waals surface area contributed by atoms with Crippen molar-refractivity contribution < 1.29 is 4.74 Å². The fourth-order valence-electron chi connectivity index (χ4n) is 1.87. The Morgan fingerprint density at radius 1 is 1.15 bits per heavy atom. The van der Waals surface area contributed by atoms with Crippen molar-refractivity contribution in [3.63, 3.8) is 0 Å². The van der Waals surface area contributed by atoms with Crippen molar-refractivity contribution in [2.24, 2.45) is 0 Å². The number of ether oxygens (including phenoxy) is 1. The molecule has 2 aromatic rings. The van der Waals surface area contributed by atoms with E-state index in [9.17, 15) is 0 Å². The molecule has 0 saturated heterocycles. The average Bonchev–Trinajstić information content (AvgIpc) is 2.46. The Labute approximate surface area is 127 Å². The maximum atomic E-state index is 8.71. The second-order valence-corrected chi connectivity index (χ2v) is 5.35. The van der Waals surface area contributed by atoms with Crippen molar-refractivity contribution in [3.8, 4) is 11.8 Å². The van der Waals surface area contributed by atoms with Gasteiger partial charge in [-0.2, -0.15) is 5.26 Å². The zero-order valence-electron chi connectivity index (χ0n) is 11.0. The SMILES string of the molecule is N#Cc1ccc(OCCCc2ccc(Br)cc2N)cc1. The quantitative estimate of drug-likeness (QED) is 0.667. The van der Waals surface area contributed by atoms with Crippen LogP contribution in [0, 0.1) is 11.3 Å². The van der Waals surface area contributed by atoms with Crippen LogP contribution in [0.3, 0.4) is 0 Å². The molecular weight excluding hydrogens is 316 g/mol. The minimum absolute atomic E-state index is 0.626. The van der Waals surface area contributed by atoms with E-state index in [1.807, 2.05) is 30.3 Å². The molecule has 20 heavy (non-hydrogen) atoms. The number of rotatable bonds is 5. The topological polar surface area (TPSA) is 59.0 Å². The number of nitrogen functional groups attached to an aromatic ring is 1. The van der Waals surface area contributed by atoms with Crippen LogP contribution in [0.5, 0.6) is 5.75 Å². The lowest BCUT2D eigenvalue weighted by atomic mass is 10.1. The Morgan fingerprint density at radius 2 is 1.90 bits per heavy atom. The summed E-state index contributed by atoms with van der Waals surface area (Å²) < 4.78 is 6.62. The van der Waals surface area contributed by atoms with Crippen LogP contribution in [-0.4, -0.2) is 6.61 Å². The number of hydrogen-bond donors (Lipinski definition) is 1. The second kappa shape index (κ2) is 6.97. The van der Waals surface area contributed by atoms with Crippen molar-refractivity contribution in [3.05, 3.63) is 58.1 Å². The Bertz CT molecular complexity index is 617. The highest BCUT2D eigenvalue weighted by Crippen LogP contribution is 2.20. The third-order valence-electron chi connectivity index (χ3n) is 2.95. The first-order valence-corrected chi connectivity index (χ1v) is 7.15. The Balaban J connectivity index is 1.80. The minimum Gasteiger partial charge on any atom is -0.494 e. The third-order valence-corrected chi connectivity index (χ3v) is 3.44. The highest BCUT2D eigenvalue weighted by molar-refractivity contribution is 9.10. The first-order chi connectivity index (χ1) is 9.69. The van der Waals surface area contributed by atoms with E-state index in [0.717, 1.165) is 34.3 Å². The number of nitrogens with zero attached hydrogens (tertiary/aromatic N) is 1. The van der Waals surface area contributed by atoms with E-state index >= 15 is 0 Å². The van der Waals surface area contributed by atoms with Crippen molar-refractivity contribution >= 4 is 21.6 Å². The summed E-state index contributed by atoms with van der Waals surface area (Å²) in [6, 6.07) is 15.1. The summed E-state index contributed by atoms with van der Waals surface area (Å²) in [5.74, 6) is 0.785. The number of aryl methyl sites for hydroxylation is 1. The van der Waals surface area contributed by atoms with Crippen molar-refractivity contribution in [2.45, 2.75) is 12.8 Å². The van der Waals surface area contributed by atoms with E-state index in [4.69, 9.17) is 15.7 Å². The van der Waals surface area contributed by atoms with Gasteiger partial charge in [-0.3, -0.25) is 0 Å². The van der Waals surface area contributed by atoms with Gasteiger partial charge in [-0.1, -0.05) is 22.0 Å². The highest BCUT2D eigenvalue weighted by atomic mass is 79.9. The van der Waals surface area contributed by atoms with E-state index in [1.165, 1.54) is 0 Å². The summed E-state index contributed by atoms with van der Waals surface area (Å²) in [5.41, 5.74) is 8.52. The normalized spacial score (nSPS) is 10.0. The van der Waals surface area contributed by atoms with Crippen LogP contribution >= 0.6 is 15.9 Å². The first kappa shape index (κ1) is 14.4. The molecule has 0 saturated carbocycles. The van der Waals surface area contributed by atoms with Gasteiger partial charge >= 0.3 is 0 Å². The number of benzene rings is 2. The zero-order chi connectivity index (χ0) is 14.4. The fraction of sp³-hybridized carbons (Fsp3) is 0.188. The predicted molar refractivity (Wildman–Crippen MR) is 83.5 cm³/mol. The van der Waals surface area contributed by atoms with Crippen LogP contribution < -0.4 is 10.5 Å². The van der Waals surface area contributed by atoms with Gasteiger partial charge in [-0.05, 0) is 54.8 Å². The van der Waals surface area contributed by atoms with Gasteiger partial charge in [0, 0.05) is 10.2 Å². The Kier molecular flexibility index (Phi) is 5.03. The van der Waals surface area contributed by atoms with Crippen LogP contribution in [0.1, 0.15) is 17.5 Å². The molecule has 0 spiro atoms. The van der Waals surface area contributed by atoms with Crippen LogP contribution in [0.4, 0.5) is 5.69 Å². The fourth-order valence-corrected chi connectivity index (χ4v) is 2.25. The van der Waals surface area contributed by atoms with E-state index in [0.29, 0.717) is 12.2 Å². The molecule has 4 heteroatoms. The molecule has 0 aliphatic heterocycles. The molecule has 0 aliphatic rings. The average molecular weight is 331 g/mol. The molecule has 0 fully saturated rings. The maximum Gasteiger partial charge on any atom is 0.119 e. The molecule has 0 atom stereocenters. The second-order valence-electron chi connectivity index (χ2n) is 4.43. The van der Waals surface area contributed by atoms with Gasteiger partial charge in [0.15, 0.2) is 0 Å². The third kappa shape index (κ3) is 4.01. The highest BCUT2D eigenvalue weighted by Gasteiger charge is 2.01. The van der Waals surface area contributed by atoms with Crippen molar-refractivity contribution in [1.29, 1.82) is 5.26 Å². The predicted octanol–water partition coefficient (Wildman–Crippen LogP) is 3.91. The molecule has 0 aliphatic carbocycles. The van der Waals surface area contributed by atoms with Gasteiger partial charge in [0.1, 0.15) is 5.75 Å². The molecule has 2 N–H and O–H groups in total. The van der Waals surface area contributed by atoms with Crippen LogP contribution in [0.25, 0.3) is 0 Å². The van der Waals surface area contributed by atoms with Gasteiger partial charge in [-0.25, -0.2) is 0 Å². The molecular formula is C16H15BrN2O. The van der Waals surface area contributed by atoms with Crippen LogP contribution in [0.15, 0.2) is 46.9 Å². The number of nitriles is 1. The van der Waals surface area contributed by atoms with Crippen LogP contribution in [-0.2, 0) is 6.42 Å². The van der Waals surface area contributed by atoms with Crippen LogP contribution in [0.2, 0.25) is 0 Å². The molecule has 0 amide bonds. The van der Waals surface area contributed by atoms with E-state index < -0.39 is 0 Å². The number of anilines is 1. The summed E-state index contributed by atoms with van der Waals surface area (Å²) in [5, 5.41) is 8.71. The lowest BCUT2D eigenvalue weighted by Gasteiger charge is -2.08. The first-order valence-electron chi connectivity index (χ1n) is 6.36. The molecule has 2 aromatic carbocycles. The van der Waals surface area contributed by atoms with E-state index in [2.05, 4.69) is 22.0 Å². The molecule has 2 rings (SSSR count). The summed E-state index contributed by atoms with van der Waals surface area (Å²) in [6.45, 7) is 0.626. The molecule has 0 bridgehead atoms. The Hall–Kier alpha value is -1.99. The van der Waals surface area contributed by atoms with Gasteiger partial charge in [0.05, 0.1) is 18.2 Å². The van der Waals surface area contributed by atoms with E-state index in [1.54, 1.807) is 12.1 Å². The van der Waals surface area contributed by atoms with Gasteiger partial charge in [-0.15, -0.1) is 0 Å². The largest absolute Gasteiger partial charge is 0.494 e. The molecule has 0 unspecified atom stereocenters. The summed E-state index contributed by atoms with van der Waals surface area (Å²) >= 11 is 3.39. The van der Waals surface area contributed by atoms with Gasteiger partial charge in [0.25, 0.3) is 0 Å². The molecule has 0 radical (unpaired) electrons. The standard InChI is InChI=1S/C16H15BrN2O/c17-14-6-5-13(16(19)10-14)2-1-9-20-15-7-3-12(11-18)4-8-15/h3-8,10H,1-2,9,19H2. The minimum atomic E-state index is 0.626. The van der Waals surface area contributed by atoms with E-state index in [-0.39, 0.29) is 0 Å². The molecule has 3 nitrogen and oxygen atoms in total.